The highest BCUT2D eigenvalue weighted by atomic mass is 32.2. The van der Waals surface area contributed by atoms with E-state index in [4.69, 9.17) is 16.7 Å². The quantitative estimate of drug-likeness (QED) is 0.373. The van der Waals surface area contributed by atoms with Gasteiger partial charge in [0.05, 0.1) is 17.6 Å². The Hall–Kier alpha value is -1.84. The van der Waals surface area contributed by atoms with E-state index in [1.165, 1.54) is 18.3 Å². The molecule has 0 amide bonds. The second-order valence-electron chi connectivity index (χ2n) is 4.36. The third-order valence-electron chi connectivity index (χ3n) is 2.76. The van der Waals surface area contributed by atoms with Gasteiger partial charge in [-0.15, -0.1) is 0 Å². The Labute approximate surface area is 125 Å². The van der Waals surface area contributed by atoms with Gasteiger partial charge in [0, 0.05) is 48.4 Å². The van der Waals surface area contributed by atoms with E-state index in [1.807, 2.05) is 0 Å². The normalized spacial score (nSPS) is 13.0. The largest absolute Gasteiger partial charge is 0.401 e. The first-order chi connectivity index (χ1) is 9.97. The molecule has 116 valence electrons. The van der Waals surface area contributed by atoms with Crippen molar-refractivity contribution < 1.29 is 13.9 Å². The van der Waals surface area contributed by atoms with Gasteiger partial charge < -0.3 is 15.8 Å². The molecule has 1 aromatic carbocycles. The molecule has 21 heavy (non-hydrogen) atoms. The molecule has 9 heteroatoms. The van der Waals surface area contributed by atoms with Crippen LogP contribution in [0.2, 0.25) is 0 Å². The summed E-state index contributed by atoms with van der Waals surface area (Å²) < 4.78 is 12.2. The number of hydrogen-bond acceptors (Lipinski definition) is 7. The summed E-state index contributed by atoms with van der Waals surface area (Å²) in [5, 5.41) is 20.8. The molecule has 0 aliphatic carbocycles. The molecule has 0 spiro atoms. The number of halogens is 1. The summed E-state index contributed by atoms with van der Waals surface area (Å²) in [6.07, 6.45) is 1.76. The van der Waals surface area contributed by atoms with Crippen LogP contribution in [0.4, 0.5) is 9.57 Å². The van der Waals surface area contributed by atoms with E-state index in [-0.39, 0.29) is 30.2 Å². The molecule has 1 aromatic rings. The Kier molecular flexibility index (Phi) is 6.92. The van der Waals surface area contributed by atoms with Crippen LogP contribution < -0.4 is 11.6 Å². The van der Waals surface area contributed by atoms with Crippen molar-refractivity contribution in [2.75, 3.05) is 12.4 Å². The van der Waals surface area contributed by atoms with Crippen molar-refractivity contribution in [2.24, 2.45) is 11.6 Å². The standard InChI is InChI=1S/C12H17FN4O3S/c13-21-8-12(7-18)16(15)6-10(14)5-9-1-3-11(4-2-9)17(19)20/h1-4,6,12,18H,5,7-8,14-15H2/b10-6-. The lowest BCUT2D eigenvalue weighted by molar-refractivity contribution is -0.384. The fraction of sp³-hybridized carbons (Fsp3) is 0.333. The van der Waals surface area contributed by atoms with Gasteiger partial charge in [0.25, 0.3) is 5.69 Å². The molecule has 0 aliphatic heterocycles. The molecule has 0 heterocycles. The smallest absolute Gasteiger partial charge is 0.269 e. The van der Waals surface area contributed by atoms with Crippen molar-refractivity contribution in [2.45, 2.75) is 12.5 Å². The highest BCUT2D eigenvalue weighted by Crippen LogP contribution is 2.14. The number of nitrogens with zero attached hydrogens (tertiary/aromatic N) is 2. The lowest BCUT2D eigenvalue weighted by Gasteiger charge is -2.23. The van der Waals surface area contributed by atoms with Crippen molar-refractivity contribution in [3.8, 4) is 0 Å². The number of benzene rings is 1. The molecule has 5 N–H and O–H groups in total. The maximum Gasteiger partial charge on any atom is 0.269 e. The second-order valence-corrected chi connectivity index (χ2v) is 4.92. The molecule has 0 aliphatic rings. The van der Waals surface area contributed by atoms with E-state index >= 15 is 0 Å². The van der Waals surface area contributed by atoms with Crippen LogP contribution in [0.3, 0.4) is 0 Å². The van der Waals surface area contributed by atoms with Gasteiger partial charge in [0.15, 0.2) is 0 Å². The van der Waals surface area contributed by atoms with Crippen LogP contribution in [0.15, 0.2) is 36.2 Å². The predicted octanol–water partition coefficient (Wildman–Crippen LogP) is 1.09. The predicted molar refractivity (Wildman–Crippen MR) is 79.5 cm³/mol. The number of non-ortho nitro benzene ring substituents is 1. The molecule has 0 saturated carbocycles. The first-order valence-corrected chi connectivity index (χ1v) is 6.93. The molecule has 7 nitrogen and oxygen atoms in total. The SMILES string of the molecule is N/C(=C\N(N)C(CO)CSF)Cc1ccc([N+](=O)[O-])cc1. The fourth-order valence-electron chi connectivity index (χ4n) is 1.62. The van der Waals surface area contributed by atoms with E-state index in [1.54, 1.807) is 12.1 Å². The van der Waals surface area contributed by atoms with Gasteiger partial charge in [-0.3, -0.25) is 10.1 Å². The van der Waals surface area contributed by atoms with Crippen LogP contribution in [-0.2, 0) is 6.42 Å². The van der Waals surface area contributed by atoms with Crippen LogP contribution in [-0.4, -0.2) is 33.4 Å². The minimum atomic E-state index is -0.574. The van der Waals surface area contributed by atoms with Gasteiger partial charge in [-0.1, -0.05) is 12.1 Å². The topological polar surface area (TPSA) is 119 Å². The second kappa shape index (κ2) is 8.45. The van der Waals surface area contributed by atoms with Crippen molar-refractivity contribution in [3.05, 3.63) is 51.8 Å². The summed E-state index contributed by atoms with van der Waals surface area (Å²) in [6.45, 7) is -0.297. The molecule has 1 unspecified atom stereocenters. The van der Waals surface area contributed by atoms with Crippen LogP contribution in [0.25, 0.3) is 0 Å². The van der Waals surface area contributed by atoms with Gasteiger partial charge >= 0.3 is 0 Å². The third kappa shape index (κ3) is 5.58. The van der Waals surface area contributed by atoms with E-state index < -0.39 is 11.0 Å². The molecule has 0 aromatic heterocycles. The summed E-state index contributed by atoms with van der Waals surface area (Å²) >= 11 is 0.0824. The number of hydrogen-bond donors (Lipinski definition) is 3. The lowest BCUT2D eigenvalue weighted by Crippen LogP contribution is -2.41. The summed E-state index contributed by atoms with van der Waals surface area (Å²) in [5.74, 6) is 5.70. The third-order valence-corrected chi connectivity index (χ3v) is 3.27. The Morgan fingerprint density at radius 1 is 1.52 bits per heavy atom. The number of nitro benzene ring substituents is 1. The molecule has 1 atom stereocenters. The van der Waals surface area contributed by atoms with Crippen molar-refractivity contribution >= 4 is 17.8 Å². The zero-order chi connectivity index (χ0) is 15.8. The Balaban J connectivity index is 2.68. The molecular formula is C12H17FN4O3S. The number of rotatable bonds is 8. The van der Waals surface area contributed by atoms with E-state index in [2.05, 4.69) is 0 Å². The number of aliphatic hydroxyl groups excluding tert-OH is 1. The van der Waals surface area contributed by atoms with E-state index in [0.717, 1.165) is 10.6 Å². The van der Waals surface area contributed by atoms with Crippen LogP contribution in [0.1, 0.15) is 5.56 Å². The summed E-state index contributed by atoms with van der Waals surface area (Å²) in [5.41, 5.74) is 7.00. The zero-order valence-corrected chi connectivity index (χ0v) is 12.0. The Bertz CT molecular complexity index is 498. The van der Waals surface area contributed by atoms with Gasteiger partial charge in [0.2, 0.25) is 0 Å². The molecule has 0 saturated heterocycles. The maximum absolute atomic E-state index is 12.2. The Morgan fingerprint density at radius 2 is 2.14 bits per heavy atom. The number of nitro groups is 1. The molecule has 0 fully saturated rings. The van der Waals surface area contributed by atoms with Crippen LogP contribution >= 0.6 is 12.1 Å². The first-order valence-electron chi connectivity index (χ1n) is 6.04. The number of hydrazine groups is 1. The first kappa shape index (κ1) is 17.2. The minimum absolute atomic E-state index is 0.00191. The van der Waals surface area contributed by atoms with Gasteiger partial charge in [0.1, 0.15) is 0 Å². The highest BCUT2D eigenvalue weighted by molar-refractivity contribution is 7.94. The Morgan fingerprint density at radius 3 is 2.62 bits per heavy atom. The van der Waals surface area contributed by atoms with E-state index in [9.17, 15) is 14.0 Å². The zero-order valence-electron chi connectivity index (χ0n) is 11.2. The summed E-state index contributed by atoms with van der Waals surface area (Å²) in [7, 11) is 0. The van der Waals surface area contributed by atoms with Crippen LogP contribution in [0, 0.1) is 10.1 Å². The number of aliphatic hydroxyl groups is 1. The van der Waals surface area contributed by atoms with Gasteiger partial charge in [-0.05, 0) is 5.56 Å². The highest BCUT2D eigenvalue weighted by Gasteiger charge is 2.13. The molecule has 0 bridgehead atoms. The molecular weight excluding hydrogens is 299 g/mol. The molecule has 1 rings (SSSR count). The average Bonchev–Trinajstić information content (AvgIpc) is 2.44. The van der Waals surface area contributed by atoms with Gasteiger partial charge in [-0.2, -0.15) is 3.89 Å². The van der Waals surface area contributed by atoms with Gasteiger partial charge in [-0.25, -0.2) is 5.84 Å². The lowest BCUT2D eigenvalue weighted by atomic mass is 10.1. The molecule has 0 radical (unpaired) electrons. The average molecular weight is 316 g/mol. The summed E-state index contributed by atoms with van der Waals surface area (Å²) in [6, 6.07) is 5.40. The number of allylic oxidation sites excluding steroid dienone is 1. The monoisotopic (exact) mass is 316 g/mol. The van der Waals surface area contributed by atoms with Crippen LogP contribution in [0.5, 0.6) is 0 Å². The minimum Gasteiger partial charge on any atom is -0.401 e. The van der Waals surface area contributed by atoms with Crippen molar-refractivity contribution in [1.29, 1.82) is 0 Å². The maximum atomic E-state index is 12.2. The fourth-order valence-corrected chi connectivity index (χ4v) is 2.04. The van der Waals surface area contributed by atoms with E-state index in [0.29, 0.717) is 12.1 Å². The van der Waals surface area contributed by atoms with Crippen molar-refractivity contribution in [3.63, 3.8) is 0 Å². The summed E-state index contributed by atoms with van der Waals surface area (Å²) in [4.78, 5) is 10.1. The van der Waals surface area contributed by atoms with Crippen molar-refractivity contribution in [1.82, 2.24) is 5.01 Å². The number of nitrogens with two attached hydrogens (primary N) is 2.